The molecule has 7 nitrogen and oxygen atoms in total. The average molecular weight is 336 g/mol. The quantitative estimate of drug-likeness (QED) is 0.713. The van der Waals surface area contributed by atoms with Gasteiger partial charge < -0.3 is 9.64 Å². The normalized spacial score (nSPS) is 17.0. The first-order valence-corrected chi connectivity index (χ1v) is 8.52. The number of benzene rings is 1. The Balaban J connectivity index is 1.52. The van der Waals surface area contributed by atoms with E-state index in [9.17, 15) is 0 Å². The van der Waals surface area contributed by atoms with E-state index in [1.54, 1.807) is 18.5 Å². The van der Waals surface area contributed by atoms with Crippen LogP contribution in [0.2, 0.25) is 0 Å². The van der Waals surface area contributed by atoms with E-state index in [0.717, 1.165) is 37.8 Å². The Morgan fingerprint density at radius 1 is 1.08 bits per heavy atom. The maximum Gasteiger partial charge on any atom is 0.227 e. The molecule has 4 rings (SSSR count). The summed E-state index contributed by atoms with van der Waals surface area (Å²) in [6.07, 6.45) is 4.55. The number of hydrogen-bond donors (Lipinski definition) is 0. The summed E-state index contributed by atoms with van der Waals surface area (Å²) in [4.78, 5) is 10.8. The van der Waals surface area contributed by atoms with Crippen LogP contribution in [0.5, 0.6) is 5.75 Å². The van der Waals surface area contributed by atoms with Crippen molar-refractivity contribution in [2.24, 2.45) is 0 Å². The predicted molar refractivity (Wildman–Crippen MR) is 94.4 cm³/mol. The van der Waals surface area contributed by atoms with Gasteiger partial charge in [-0.25, -0.2) is 9.97 Å². The summed E-state index contributed by atoms with van der Waals surface area (Å²) in [5, 5.41) is 8.71. The van der Waals surface area contributed by atoms with E-state index in [-0.39, 0.29) is 6.10 Å². The van der Waals surface area contributed by atoms with Gasteiger partial charge in [-0.2, -0.15) is 0 Å². The van der Waals surface area contributed by atoms with Gasteiger partial charge in [0, 0.05) is 31.9 Å². The van der Waals surface area contributed by atoms with Crippen LogP contribution in [-0.4, -0.2) is 43.9 Å². The molecule has 0 unspecified atom stereocenters. The molecule has 0 spiro atoms. The topological polar surface area (TPSA) is 69.0 Å². The lowest BCUT2D eigenvalue weighted by molar-refractivity contribution is 0.225. The zero-order valence-corrected chi connectivity index (χ0v) is 14.1. The second-order valence-corrected chi connectivity index (χ2v) is 5.93. The standard InChI is InChI=1S/C18H20N6O/c1-2-24-17(16-19-10-6-11-20-16)21-22-18(24)23-12-9-15(13-23)25-14-7-4-3-5-8-14/h3-8,10-11,15H,2,9,12-13H2,1H3/t15-/m0/s1. The molecule has 1 aliphatic rings. The SMILES string of the molecule is CCn1c(-c2ncccn2)nnc1N1CC[C@H](Oc2ccccc2)C1. The fraction of sp³-hybridized carbons (Fsp3) is 0.333. The molecular weight excluding hydrogens is 316 g/mol. The van der Waals surface area contributed by atoms with Crippen molar-refractivity contribution in [1.82, 2.24) is 24.7 Å². The molecule has 0 amide bonds. The Bertz CT molecular complexity index is 820. The van der Waals surface area contributed by atoms with Crippen LogP contribution in [0.15, 0.2) is 48.8 Å². The van der Waals surface area contributed by atoms with Crippen LogP contribution in [0.1, 0.15) is 13.3 Å². The van der Waals surface area contributed by atoms with Crippen LogP contribution in [0.25, 0.3) is 11.6 Å². The second kappa shape index (κ2) is 6.88. The predicted octanol–water partition coefficient (Wildman–Crippen LogP) is 2.41. The highest BCUT2D eigenvalue weighted by atomic mass is 16.5. The molecule has 25 heavy (non-hydrogen) atoms. The van der Waals surface area contributed by atoms with Gasteiger partial charge in [0.05, 0.1) is 6.54 Å². The van der Waals surface area contributed by atoms with Crippen molar-refractivity contribution >= 4 is 5.95 Å². The minimum Gasteiger partial charge on any atom is -0.489 e. The third-order valence-electron chi connectivity index (χ3n) is 4.29. The van der Waals surface area contributed by atoms with Gasteiger partial charge in [-0.05, 0) is 25.1 Å². The van der Waals surface area contributed by atoms with Crippen molar-refractivity contribution in [2.45, 2.75) is 26.0 Å². The highest BCUT2D eigenvalue weighted by Gasteiger charge is 2.28. The lowest BCUT2D eigenvalue weighted by Gasteiger charge is -2.18. The molecule has 0 saturated carbocycles. The van der Waals surface area contributed by atoms with E-state index in [2.05, 4.69) is 36.6 Å². The fourth-order valence-corrected chi connectivity index (χ4v) is 3.10. The van der Waals surface area contributed by atoms with Crippen molar-refractivity contribution in [3.63, 3.8) is 0 Å². The largest absolute Gasteiger partial charge is 0.489 e. The number of aromatic nitrogens is 5. The molecule has 3 heterocycles. The van der Waals surface area contributed by atoms with Crippen molar-refractivity contribution in [1.29, 1.82) is 0 Å². The van der Waals surface area contributed by atoms with E-state index in [1.807, 2.05) is 30.3 Å². The molecule has 7 heteroatoms. The monoisotopic (exact) mass is 336 g/mol. The summed E-state index contributed by atoms with van der Waals surface area (Å²) in [7, 11) is 0. The van der Waals surface area contributed by atoms with Crippen molar-refractivity contribution in [2.75, 3.05) is 18.0 Å². The van der Waals surface area contributed by atoms with Gasteiger partial charge in [-0.3, -0.25) is 4.57 Å². The minimum atomic E-state index is 0.154. The number of para-hydroxylation sites is 1. The molecule has 0 aliphatic carbocycles. The third-order valence-corrected chi connectivity index (χ3v) is 4.29. The first kappa shape index (κ1) is 15.6. The van der Waals surface area contributed by atoms with Crippen molar-refractivity contribution in [3.8, 4) is 17.4 Å². The zero-order valence-electron chi connectivity index (χ0n) is 14.1. The van der Waals surface area contributed by atoms with Crippen LogP contribution >= 0.6 is 0 Å². The molecule has 0 radical (unpaired) electrons. The average Bonchev–Trinajstić information content (AvgIpc) is 3.29. The van der Waals surface area contributed by atoms with Crippen LogP contribution in [0, 0.1) is 0 Å². The van der Waals surface area contributed by atoms with E-state index < -0.39 is 0 Å². The molecule has 0 bridgehead atoms. The lowest BCUT2D eigenvalue weighted by Crippen LogP contribution is -2.27. The maximum absolute atomic E-state index is 6.07. The highest BCUT2D eigenvalue weighted by Crippen LogP contribution is 2.25. The molecule has 1 saturated heterocycles. The summed E-state index contributed by atoms with van der Waals surface area (Å²) in [5.41, 5.74) is 0. The molecular formula is C18H20N6O. The van der Waals surface area contributed by atoms with E-state index in [0.29, 0.717) is 11.6 Å². The van der Waals surface area contributed by atoms with Gasteiger partial charge in [0.1, 0.15) is 11.9 Å². The van der Waals surface area contributed by atoms with E-state index in [4.69, 9.17) is 4.74 Å². The number of anilines is 1. The molecule has 0 N–H and O–H groups in total. The maximum atomic E-state index is 6.07. The Kier molecular flexibility index (Phi) is 4.28. The minimum absolute atomic E-state index is 0.154. The summed E-state index contributed by atoms with van der Waals surface area (Å²) in [5.74, 6) is 3.05. The number of nitrogens with zero attached hydrogens (tertiary/aromatic N) is 6. The summed E-state index contributed by atoms with van der Waals surface area (Å²) >= 11 is 0. The molecule has 1 atom stereocenters. The Hall–Kier alpha value is -2.96. The number of rotatable bonds is 5. The number of hydrogen-bond acceptors (Lipinski definition) is 6. The molecule has 1 aromatic carbocycles. The number of ether oxygens (including phenoxy) is 1. The zero-order chi connectivity index (χ0) is 17.1. The van der Waals surface area contributed by atoms with Crippen molar-refractivity contribution in [3.05, 3.63) is 48.8 Å². The van der Waals surface area contributed by atoms with E-state index in [1.165, 1.54) is 0 Å². The van der Waals surface area contributed by atoms with Gasteiger partial charge in [-0.1, -0.05) is 18.2 Å². The molecule has 2 aromatic heterocycles. The Labute approximate surface area is 146 Å². The first-order valence-electron chi connectivity index (χ1n) is 8.52. The van der Waals surface area contributed by atoms with Crippen LogP contribution in [0.4, 0.5) is 5.95 Å². The fourth-order valence-electron chi connectivity index (χ4n) is 3.10. The van der Waals surface area contributed by atoms with E-state index >= 15 is 0 Å². The van der Waals surface area contributed by atoms with Crippen LogP contribution in [-0.2, 0) is 6.54 Å². The van der Waals surface area contributed by atoms with Crippen LogP contribution in [0.3, 0.4) is 0 Å². The third kappa shape index (κ3) is 3.17. The smallest absolute Gasteiger partial charge is 0.227 e. The molecule has 3 aromatic rings. The Morgan fingerprint density at radius 2 is 1.88 bits per heavy atom. The highest BCUT2D eigenvalue weighted by molar-refractivity contribution is 5.48. The van der Waals surface area contributed by atoms with Gasteiger partial charge in [0.15, 0.2) is 5.82 Å². The summed E-state index contributed by atoms with van der Waals surface area (Å²) < 4.78 is 8.12. The van der Waals surface area contributed by atoms with Gasteiger partial charge in [0.2, 0.25) is 11.8 Å². The molecule has 128 valence electrons. The van der Waals surface area contributed by atoms with Gasteiger partial charge >= 0.3 is 0 Å². The molecule has 1 fully saturated rings. The Morgan fingerprint density at radius 3 is 2.64 bits per heavy atom. The second-order valence-electron chi connectivity index (χ2n) is 5.93. The summed E-state index contributed by atoms with van der Waals surface area (Å²) in [6, 6.07) is 11.7. The lowest BCUT2D eigenvalue weighted by atomic mass is 10.3. The van der Waals surface area contributed by atoms with Gasteiger partial charge in [-0.15, -0.1) is 10.2 Å². The van der Waals surface area contributed by atoms with Gasteiger partial charge in [0.25, 0.3) is 0 Å². The van der Waals surface area contributed by atoms with Crippen molar-refractivity contribution < 1.29 is 4.74 Å². The summed E-state index contributed by atoms with van der Waals surface area (Å²) in [6.45, 7) is 4.53. The van der Waals surface area contributed by atoms with Crippen LogP contribution < -0.4 is 9.64 Å². The molecule has 1 aliphatic heterocycles. The first-order chi connectivity index (χ1) is 12.3.